The van der Waals surface area contributed by atoms with Crippen LogP contribution in [0, 0.1) is 6.92 Å². The van der Waals surface area contributed by atoms with E-state index in [2.05, 4.69) is 15.2 Å². The number of aryl methyl sites for hydroxylation is 1. The third-order valence-electron chi connectivity index (χ3n) is 2.22. The van der Waals surface area contributed by atoms with Gasteiger partial charge in [-0.05, 0) is 12.5 Å². The lowest BCUT2D eigenvalue weighted by atomic mass is 10.1. The van der Waals surface area contributed by atoms with Gasteiger partial charge in [0.2, 0.25) is 0 Å². The second-order valence-electron chi connectivity index (χ2n) is 3.57. The summed E-state index contributed by atoms with van der Waals surface area (Å²) in [5, 5.41) is 14.9. The van der Waals surface area contributed by atoms with Gasteiger partial charge in [-0.2, -0.15) is 0 Å². The Hall–Kier alpha value is -2.17. The molecule has 0 bridgehead atoms. The highest BCUT2D eigenvalue weighted by molar-refractivity contribution is 5.82. The van der Waals surface area contributed by atoms with Gasteiger partial charge in [-0.1, -0.05) is 29.8 Å². The second-order valence-corrected chi connectivity index (χ2v) is 3.57. The molecule has 0 aliphatic heterocycles. The number of aromatic carboxylic acids is 1. The Morgan fingerprint density at radius 1 is 1.38 bits per heavy atom. The van der Waals surface area contributed by atoms with E-state index in [9.17, 15) is 4.79 Å². The standard InChI is InChI=1S/C11H11N3O2/c1-7-2-4-8(5-3-7)6-9-12-10(11(15)16)14-13-9/h2-5H,6H2,1H3,(H,15,16)(H,12,13,14). The van der Waals surface area contributed by atoms with Crippen molar-refractivity contribution >= 4 is 5.97 Å². The Morgan fingerprint density at radius 3 is 2.62 bits per heavy atom. The monoisotopic (exact) mass is 217 g/mol. The Labute approximate surface area is 92.2 Å². The molecule has 2 N–H and O–H groups in total. The summed E-state index contributed by atoms with van der Waals surface area (Å²) in [7, 11) is 0. The molecular weight excluding hydrogens is 206 g/mol. The van der Waals surface area contributed by atoms with Gasteiger partial charge in [0.1, 0.15) is 5.82 Å². The SMILES string of the molecule is Cc1ccc(Cc2nc(C(=O)O)n[nH]2)cc1. The minimum absolute atomic E-state index is 0.192. The van der Waals surface area contributed by atoms with Crippen LogP contribution in [0.5, 0.6) is 0 Å². The fourth-order valence-electron chi connectivity index (χ4n) is 1.37. The minimum Gasteiger partial charge on any atom is -0.475 e. The summed E-state index contributed by atoms with van der Waals surface area (Å²) in [4.78, 5) is 14.4. The molecule has 2 aromatic rings. The summed E-state index contributed by atoms with van der Waals surface area (Å²) >= 11 is 0. The normalized spacial score (nSPS) is 10.3. The number of aromatic nitrogens is 3. The summed E-state index contributed by atoms with van der Waals surface area (Å²) in [5.74, 6) is -0.755. The molecule has 0 atom stereocenters. The first kappa shape index (κ1) is 10.4. The smallest absolute Gasteiger partial charge is 0.375 e. The second kappa shape index (κ2) is 4.14. The molecule has 0 radical (unpaired) electrons. The van der Waals surface area contributed by atoms with Crippen molar-refractivity contribution in [3.63, 3.8) is 0 Å². The first-order valence-electron chi connectivity index (χ1n) is 4.85. The van der Waals surface area contributed by atoms with Crippen molar-refractivity contribution < 1.29 is 9.90 Å². The highest BCUT2D eigenvalue weighted by Gasteiger charge is 2.10. The van der Waals surface area contributed by atoms with E-state index in [-0.39, 0.29) is 5.82 Å². The van der Waals surface area contributed by atoms with Crippen LogP contribution in [-0.2, 0) is 6.42 Å². The maximum atomic E-state index is 10.6. The van der Waals surface area contributed by atoms with Crippen molar-refractivity contribution in [3.8, 4) is 0 Å². The maximum Gasteiger partial charge on any atom is 0.375 e. The molecule has 0 saturated heterocycles. The molecule has 0 aliphatic rings. The number of carbonyl (C=O) groups is 1. The van der Waals surface area contributed by atoms with Crippen molar-refractivity contribution in [2.45, 2.75) is 13.3 Å². The Morgan fingerprint density at radius 2 is 2.06 bits per heavy atom. The molecule has 82 valence electrons. The van der Waals surface area contributed by atoms with E-state index in [0.717, 1.165) is 5.56 Å². The number of benzene rings is 1. The lowest BCUT2D eigenvalue weighted by molar-refractivity contribution is 0.0684. The van der Waals surface area contributed by atoms with Crippen molar-refractivity contribution in [2.75, 3.05) is 0 Å². The fourth-order valence-corrected chi connectivity index (χ4v) is 1.37. The number of H-pyrrole nitrogens is 1. The Bertz CT molecular complexity index is 502. The van der Waals surface area contributed by atoms with E-state index in [1.165, 1.54) is 5.56 Å². The molecule has 0 unspecified atom stereocenters. The Balaban J connectivity index is 2.14. The molecule has 2 rings (SSSR count). The third kappa shape index (κ3) is 2.25. The highest BCUT2D eigenvalue weighted by Crippen LogP contribution is 2.07. The van der Waals surface area contributed by atoms with Gasteiger partial charge in [0.15, 0.2) is 0 Å². The number of carboxylic acid groups (broad SMARTS) is 1. The molecular formula is C11H11N3O2. The lowest BCUT2D eigenvalue weighted by Crippen LogP contribution is -1.99. The van der Waals surface area contributed by atoms with E-state index < -0.39 is 5.97 Å². The summed E-state index contributed by atoms with van der Waals surface area (Å²) in [6, 6.07) is 7.98. The van der Waals surface area contributed by atoms with Crippen LogP contribution < -0.4 is 0 Å². The predicted molar refractivity (Wildman–Crippen MR) is 57.3 cm³/mol. The topological polar surface area (TPSA) is 78.9 Å². The van der Waals surface area contributed by atoms with Crippen molar-refractivity contribution in [1.29, 1.82) is 0 Å². The van der Waals surface area contributed by atoms with Crippen molar-refractivity contribution in [3.05, 3.63) is 47.0 Å². The molecule has 1 heterocycles. The van der Waals surface area contributed by atoms with Crippen LogP contribution in [0.25, 0.3) is 0 Å². The van der Waals surface area contributed by atoms with Crippen LogP contribution in [0.15, 0.2) is 24.3 Å². The van der Waals surface area contributed by atoms with Gasteiger partial charge in [0, 0.05) is 6.42 Å². The largest absolute Gasteiger partial charge is 0.475 e. The van der Waals surface area contributed by atoms with Crippen molar-refractivity contribution in [2.24, 2.45) is 0 Å². The number of nitrogens with zero attached hydrogens (tertiary/aromatic N) is 2. The number of aromatic amines is 1. The molecule has 0 aliphatic carbocycles. The predicted octanol–water partition coefficient (Wildman–Crippen LogP) is 1.40. The Kier molecular flexibility index (Phi) is 2.68. The lowest BCUT2D eigenvalue weighted by Gasteiger charge is -1.97. The van der Waals surface area contributed by atoms with Gasteiger partial charge in [-0.15, -0.1) is 5.10 Å². The van der Waals surface area contributed by atoms with Crippen LogP contribution >= 0.6 is 0 Å². The van der Waals surface area contributed by atoms with E-state index in [1.54, 1.807) is 0 Å². The van der Waals surface area contributed by atoms with Gasteiger partial charge >= 0.3 is 5.97 Å². The van der Waals surface area contributed by atoms with Gasteiger partial charge in [0.25, 0.3) is 5.82 Å². The molecule has 1 aromatic heterocycles. The van der Waals surface area contributed by atoms with Gasteiger partial charge in [-0.25, -0.2) is 9.78 Å². The molecule has 5 nitrogen and oxygen atoms in total. The molecule has 0 spiro atoms. The minimum atomic E-state index is -1.12. The summed E-state index contributed by atoms with van der Waals surface area (Å²) in [6.07, 6.45) is 0.556. The van der Waals surface area contributed by atoms with Crippen LogP contribution in [0.2, 0.25) is 0 Å². The first-order chi connectivity index (χ1) is 7.65. The van der Waals surface area contributed by atoms with Gasteiger partial charge < -0.3 is 5.11 Å². The molecule has 1 aromatic carbocycles. The average Bonchev–Trinajstić information content (AvgIpc) is 2.70. The zero-order chi connectivity index (χ0) is 11.5. The molecule has 5 heteroatoms. The van der Waals surface area contributed by atoms with E-state index in [4.69, 9.17) is 5.11 Å². The number of nitrogens with one attached hydrogen (secondary N) is 1. The average molecular weight is 217 g/mol. The van der Waals surface area contributed by atoms with Crippen molar-refractivity contribution in [1.82, 2.24) is 15.2 Å². The van der Waals surface area contributed by atoms with Crippen LogP contribution in [0.3, 0.4) is 0 Å². The van der Waals surface area contributed by atoms with Gasteiger partial charge in [0.05, 0.1) is 0 Å². The number of carboxylic acids is 1. The fraction of sp³-hybridized carbons (Fsp3) is 0.182. The molecule has 0 saturated carbocycles. The van der Waals surface area contributed by atoms with Crippen LogP contribution in [0.4, 0.5) is 0 Å². The maximum absolute atomic E-state index is 10.6. The molecule has 16 heavy (non-hydrogen) atoms. The molecule has 0 fully saturated rings. The van der Waals surface area contributed by atoms with Gasteiger partial charge in [-0.3, -0.25) is 5.10 Å². The summed E-state index contributed by atoms with van der Waals surface area (Å²) in [5.41, 5.74) is 2.26. The van der Waals surface area contributed by atoms with E-state index in [1.807, 2.05) is 31.2 Å². The zero-order valence-electron chi connectivity index (χ0n) is 8.77. The number of hydrogen-bond donors (Lipinski definition) is 2. The zero-order valence-corrected chi connectivity index (χ0v) is 8.77. The molecule has 0 amide bonds. The quantitative estimate of drug-likeness (QED) is 0.814. The van der Waals surface area contributed by atoms with E-state index in [0.29, 0.717) is 12.2 Å². The van der Waals surface area contributed by atoms with Crippen LogP contribution in [-0.4, -0.2) is 26.3 Å². The number of rotatable bonds is 3. The summed E-state index contributed by atoms with van der Waals surface area (Å²) in [6.45, 7) is 2.01. The highest BCUT2D eigenvalue weighted by atomic mass is 16.4. The number of hydrogen-bond acceptors (Lipinski definition) is 3. The third-order valence-corrected chi connectivity index (χ3v) is 2.22. The first-order valence-corrected chi connectivity index (χ1v) is 4.85. The van der Waals surface area contributed by atoms with E-state index >= 15 is 0 Å². The summed E-state index contributed by atoms with van der Waals surface area (Å²) < 4.78 is 0. The van der Waals surface area contributed by atoms with Crippen LogP contribution in [0.1, 0.15) is 27.6 Å².